The zero-order chi connectivity index (χ0) is 57.6. The van der Waals surface area contributed by atoms with Crippen LogP contribution in [0.2, 0.25) is 0 Å². The number of hydrogen-bond donors (Lipinski definition) is 0. The first-order valence-corrected chi connectivity index (χ1v) is 29.8. The normalized spacial score (nSPS) is 15.5. The van der Waals surface area contributed by atoms with Gasteiger partial charge in [0.05, 0.1) is 17.1 Å². The van der Waals surface area contributed by atoms with Crippen LogP contribution in [-0.4, -0.2) is 6.71 Å². The molecule has 0 radical (unpaired) electrons. The minimum absolute atomic E-state index is 0.00928. The Morgan fingerprint density at radius 1 is 0.400 bits per heavy atom. The van der Waals surface area contributed by atoms with Crippen LogP contribution in [-0.2, 0) is 32.5 Å². The summed E-state index contributed by atoms with van der Waals surface area (Å²) in [6.45, 7) is 47.5. The van der Waals surface area contributed by atoms with Gasteiger partial charge in [0.25, 0.3) is 6.71 Å². The number of hydrogen-bond acceptors (Lipinski definition) is 3. The second-order valence-electron chi connectivity index (χ2n) is 29.7. The van der Waals surface area contributed by atoms with Crippen LogP contribution in [0.3, 0.4) is 0 Å². The lowest BCUT2D eigenvalue weighted by atomic mass is 9.33. The third-order valence-electron chi connectivity index (χ3n) is 18.5. The molecule has 8 aromatic rings. The lowest BCUT2D eigenvalue weighted by Gasteiger charge is -2.48. The molecule has 0 N–H and O–H groups in total. The van der Waals surface area contributed by atoms with Crippen molar-refractivity contribution in [2.75, 3.05) is 14.7 Å². The standard InChI is InChI=1S/C76H88BN3/c1-47-38-53(72(8,9)10)39-48(2)69(47)79-64-44-57(78(56-32-30-52(31-33-56)71(5,6)7)63-29-25-24-28-58(63)51-26-22-21-23-27-51)34-35-61(64)77-62-45-59-60(76(19,20)37-36-75(59,17)18)46-65(62)80(67-43-55(74(14,15)16)42-66(79)68(67)77)70-49(3)40-54(41-50(70)4)73(11,12)13/h21-35,38-46H,36-37H2,1-20H3. The number of rotatable bonds is 6. The summed E-state index contributed by atoms with van der Waals surface area (Å²) in [6.07, 6.45) is 2.30. The first-order chi connectivity index (χ1) is 37.3. The summed E-state index contributed by atoms with van der Waals surface area (Å²) in [7, 11) is 0. The monoisotopic (exact) mass is 1050 g/mol. The van der Waals surface area contributed by atoms with Crippen molar-refractivity contribution < 1.29 is 0 Å². The molecule has 0 spiro atoms. The molecule has 2 heterocycles. The van der Waals surface area contributed by atoms with Crippen molar-refractivity contribution in [3.63, 3.8) is 0 Å². The van der Waals surface area contributed by atoms with Crippen molar-refractivity contribution in [2.24, 2.45) is 0 Å². The van der Waals surface area contributed by atoms with E-state index in [9.17, 15) is 0 Å². The topological polar surface area (TPSA) is 9.72 Å². The van der Waals surface area contributed by atoms with Crippen LogP contribution >= 0.6 is 0 Å². The van der Waals surface area contributed by atoms with E-state index < -0.39 is 0 Å². The van der Waals surface area contributed by atoms with Crippen molar-refractivity contribution in [1.82, 2.24) is 0 Å². The fourth-order valence-electron chi connectivity index (χ4n) is 13.6. The molecular weight excluding hydrogens is 966 g/mol. The Balaban J connectivity index is 1.29. The maximum Gasteiger partial charge on any atom is 0.252 e. The molecule has 0 saturated carbocycles. The van der Waals surface area contributed by atoms with Crippen LogP contribution in [0.25, 0.3) is 11.1 Å². The molecule has 2 aliphatic heterocycles. The molecule has 3 nitrogen and oxygen atoms in total. The molecule has 0 amide bonds. The van der Waals surface area contributed by atoms with Gasteiger partial charge in [-0.05, 0) is 199 Å². The van der Waals surface area contributed by atoms with Gasteiger partial charge in [0, 0.05) is 39.7 Å². The highest BCUT2D eigenvalue weighted by molar-refractivity contribution is 7.00. The van der Waals surface area contributed by atoms with Gasteiger partial charge in [-0.3, -0.25) is 0 Å². The summed E-state index contributed by atoms with van der Waals surface area (Å²) in [5.74, 6) is 0. The van der Waals surface area contributed by atoms with Crippen molar-refractivity contribution in [3.05, 3.63) is 201 Å². The highest BCUT2D eigenvalue weighted by Crippen LogP contribution is 2.54. The van der Waals surface area contributed by atoms with E-state index in [1.165, 1.54) is 117 Å². The fourth-order valence-corrected chi connectivity index (χ4v) is 13.6. The van der Waals surface area contributed by atoms with E-state index in [2.05, 4.69) is 299 Å². The number of benzene rings is 8. The third-order valence-corrected chi connectivity index (χ3v) is 18.5. The van der Waals surface area contributed by atoms with Crippen LogP contribution in [0.15, 0.2) is 146 Å². The summed E-state index contributed by atoms with van der Waals surface area (Å²) in [4.78, 5) is 7.96. The van der Waals surface area contributed by atoms with E-state index in [0.29, 0.717) is 0 Å². The van der Waals surface area contributed by atoms with Gasteiger partial charge in [0.1, 0.15) is 0 Å². The van der Waals surface area contributed by atoms with E-state index in [0.717, 1.165) is 29.9 Å². The second kappa shape index (κ2) is 18.9. The smallest absolute Gasteiger partial charge is 0.252 e. The average Bonchev–Trinajstić information content (AvgIpc) is 3.44. The van der Waals surface area contributed by atoms with Gasteiger partial charge in [-0.1, -0.05) is 208 Å². The summed E-state index contributed by atoms with van der Waals surface area (Å²) < 4.78 is 0. The van der Waals surface area contributed by atoms with Crippen LogP contribution in [0.4, 0.5) is 51.2 Å². The van der Waals surface area contributed by atoms with Gasteiger partial charge < -0.3 is 14.7 Å². The van der Waals surface area contributed by atoms with Gasteiger partial charge in [0.15, 0.2) is 0 Å². The minimum atomic E-state index is -0.167. The van der Waals surface area contributed by atoms with Gasteiger partial charge in [-0.15, -0.1) is 0 Å². The number of nitrogens with zero attached hydrogens (tertiary/aromatic N) is 3. The Labute approximate surface area is 482 Å². The third kappa shape index (κ3) is 9.31. The summed E-state index contributed by atoms with van der Waals surface area (Å²) in [5.41, 5.74) is 30.8. The van der Waals surface area contributed by atoms with E-state index in [1.807, 2.05) is 0 Å². The first kappa shape index (κ1) is 55.1. The van der Waals surface area contributed by atoms with E-state index in [4.69, 9.17) is 0 Å². The van der Waals surface area contributed by atoms with Crippen LogP contribution in [0, 0.1) is 27.7 Å². The Bertz CT molecular complexity index is 3700. The summed E-state index contributed by atoms with van der Waals surface area (Å²) in [6, 6.07) is 57.2. The summed E-state index contributed by atoms with van der Waals surface area (Å²) in [5, 5.41) is 0. The molecule has 0 bridgehead atoms. The molecule has 3 aliphatic rings. The second-order valence-corrected chi connectivity index (χ2v) is 29.7. The Kier molecular flexibility index (Phi) is 13.0. The number of fused-ring (bicyclic) bond motifs is 5. The fraction of sp³-hybridized carbons (Fsp3) is 0.368. The Morgan fingerprint density at radius 3 is 1.31 bits per heavy atom. The molecule has 8 aromatic carbocycles. The Hall–Kier alpha value is -6.78. The van der Waals surface area contributed by atoms with Crippen LogP contribution in [0.1, 0.15) is 179 Å². The number of aryl methyl sites for hydroxylation is 4. The molecule has 80 heavy (non-hydrogen) atoms. The number of anilines is 9. The highest BCUT2D eigenvalue weighted by Gasteiger charge is 2.48. The van der Waals surface area contributed by atoms with E-state index in [-0.39, 0.29) is 39.2 Å². The first-order valence-electron chi connectivity index (χ1n) is 29.8. The minimum Gasteiger partial charge on any atom is -0.311 e. The molecule has 410 valence electrons. The van der Waals surface area contributed by atoms with Crippen LogP contribution < -0.4 is 31.1 Å². The number of para-hydroxylation sites is 1. The van der Waals surface area contributed by atoms with Gasteiger partial charge in [-0.25, -0.2) is 0 Å². The zero-order valence-corrected chi connectivity index (χ0v) is 52.2. The molecule has 0 unspecified atom stereocenters. The van der Waals surface area contributed by atoms with Crippen LogP contribution in [0.5, 0.6) is 0 Å². The van der Waals surface area contributed by atoms with Crippen molar-refractivity contribution in [1.29, 1.82) is 0 Å². The summed E-state index contributed by atoms with van der Waals surface area (Å²) >= 11 is 0. The van der Waals surface area contributed by atoms with E-state index >= 15 is 0 Å². The molecular formula is C76H88BN3. The van der Waals surface area contributed by atoms with Gasteiger partial charge in [-0.2, -0.15) is 0 Å². The predicted molar refractivity (Wildman–Crippen MR) is 350 cm³/mol. The Morgan fingerprint density at radius 2 is 0.825 bits per heavy atom. The van der Waals surface area contributed by atoms with E-state index in [1.54, 1.807) is 0 Å². The lowest BCUT2D eigenvalue weighted by molar-refractivity contribution is 0.332. The SMILES string of the molecule is Cc1cc(C(C)(C)C)cc(C)c1N1c2cc(N(c3ccc(C(C)(C)C)cc3)c3ccccc3-c3ccccc3)ccc2B2c3cc4c(cc3N(c3c(C)cc(C(C)(C)C)cc3C)c3cc(C(C)(C)C)cc1c32)C(C)(C)CCC4(C)C. The molecule has 11 rings (SSSR count). The van der Waals surface area contributed by atoms with Gasteiger partial charge in [0.2, 0.25) is 0 Å². The largest absolute Gasteiger partial charge is 0.311 e. The lowest BCUT2D eigenvalue weighted by Crippen LogP contribution is -2.62. The molecule has 0 aromatic heterocycles. The van der Waals surface area contributed by atoms with Crippen molar-refractivity contribution >= 4 is 74.3 Å². The maximum absolute atomic E-state index is 2.73. The molecule has 0 atom stereocenters. The van der Waals surface area contributed by atoms with Gasteiger partial charge >= 0.3 is 0 Å². The van der Waals surface area contributed by atoms with Crippen molar-refractivity contribution in [3.8, 4) is 11.1 Å². The maximum atomic E-state index is 2.73. The zero-order valence-electron chi connectivity index (χ0n) is 52.2. The van der Waals surface area contributed by atoms with Crippen molar-refractivity contribution in [2.45, 2.75) is 184 Å². The molecule has 0 saturated heterocycles. The quantitative estimate of drug-likeness (QED) is 0.154. The predicted octanol–water partition coefficient (Wildman–Crippen LogP) is 19.7. The highest BCUT2D eigenvalue weighted by atomic mass is 15.2. The molecule has 1 aliphatic carbocycles. The average molecular weight is 1050 g/mol. The molecule has 0 fully saturated rings. The molecule has 4 heteroatoms.